The van der Waals surface area contributed by atoms with E-state index in [0.29, 0.717) is 25.2 Å². The minimum Gasteiger partial charge on any atom is -0.481 e. The molecule has 0 saturated carbocycles. The molecule has 0 saturated heterocycles. The van der Waals surface area contributed by atoms with E-state index in [0.717, 1.165) is 24.8 Å². The smallest absolute Gasteiger partial charge is 0.305 e. The summed E-state index contributed by atoms with van der Waals surface area (Å²) in [6.07, 6.45) is 9.70. The third-order valence-corrected chi connectivity index (χ3v) is 4.95. The Hall–Kier alpha value is -1.13. The lowest BCUT2D eigenvalue weighted by Gasteiger charge is -2.31. The van der Waals surface area contributed by atoms with Gasteiger partial charge in [-0.25, -0.2) is 0 Å². The van der Waals surface area contributed by atoms with Crippen LogP contribution in [0, 0.1) is 11.8 Å². The number of aliphatic hydroxyl groups is 2. The summed E-state index contributed by atoms with van der Waals surface area (Å²) in [7, 11) is 0. The number of carbonyl (C=O) groups is 1. The molecular formula is C21H38O4. The van der Waals surface area contributed by atoms with Crippen molar-refractivity contribution in [2.75, 3.05) is 0 Å². The molecule has 1 unspecified atom stereocenters. The lowest BCUT2D eigenvalue weighted by atomic mass is 9.81. The second-order valence-electron chi connectivity index (χ2n) is 7.19. The Labute approximate surface area is 153 Å². The van der Waals surface area contributed by atoms with Crippen molar-refractivity contribution in [2.45, 2.75) is 91.3 Å². The molecule has 3 N–H and O–H groups in total. The zero-order chi connectivity index (χ0) is 19.5. The lowest BCUT2D eigenvalue weighted by Crippen LogP contribution is -2.34. The van der Waals surface area contributed by atoms with E-state index in [1.54, 1.807) is 0 Å². The summed E-state index contributed by atoms with van der Waals surface area (Å²) >= 11 is 0. The average Bonchev–Trinajstić information content (AvgIpc) is 2.55. The van der Waals surface area contributed by atoms with Crippen LogP contribution in [0.15, 0.2) is 23.8 Å². The van der Waals surface area contributed by atoms with Crippen LogP contribution in [0.4, 0.5) is 0 Å². The van der Waals surface area contributed by atoms with E-state index in [-0.39, 0.29) is 12.3 Å². The maximum absolute atomic E-state index is 11.0. The van der Waals surface area contributed by atoms with E-state index in [4.69, 9.17) is 5.11 Å². The highest BCUT2D eigenvalue weighted by Gasteiger charge is 2.30. The predicted octanol–water partition coefficient (Wildman–Crippen LogP) is 4.71. The maximum Gasteiger partial charge on any atom is 0.305 e. The van der Waals surface area contributed by atoms with Crippen LogP contribution < -0.4 is 0 Å². The van der Waals surface area contributed by atoms with Gasteiger partial charge in [-0.05, 0) is 50.9 Å². The molecule has 4 nitrogen and oxygen atoms in total. The number of rotatable bonds is 13. The van der Waals surface area contributed by atoms with E-state index in [9.17, 15) is 15.0 Å². The Morgan fingerprint density at radius 1 is 1.12 bits per heavy atom. The summed E-state index contributed by atoms with van der Waals surface area (Å²) in [4.78, 5) is 10.8. The molecule has 0 bridgehead atoms. The molecule has 0 fully saturated rings. The number of allylic oxidation sites excluding steroid dienone is 3. The van der Waals surface area contributed by atoms with Gasteiger partial charge >= 0.3 is 5.97 Å². The molecule has 0 amide bonds. The number of carboxylic acid groups (broad SMARTS) is 1. The van der Waals surface area contributed by atoms with Crippen LogP contribution >= 0.6 is 0 Å². The van der Waals surface area contributed by atoms with Gasteiger partial charge in [0.1, 0.15) is 0 Å². The van der Waals surface area contributed by atoms with Gasteiger partial charge < -0.3 is 15.3 Å². The van der Waals surface area contributed by atoms with Gasteiger partial charge in [-0.1, -0.05) is 57.9 Å². The van der Waals surface area contributed by atoms with Crippen molar-refractivity contribution < 1.29 is 20.1 Å². The minimum atomic E-state index is -1.01. The minimum absolute atomic E-state index is 0.230. The Kier molecular flexibility index (Phi) is 11.7. The maximum atomic E-state index is 11.0. The fourth-order valence-corrected chi connectivity index (χ4v) is 3.27. The van der Waals surface area contributed by atoms with Gasteiger partial charge in [-0.2, -0.15) is 0 Å². The van der Waals surface area contributed by atoms with Crippen LogP contribution in [0.3, 0.4) is 0 Å². The molecule has 0 rings (SSSR count). The van der Waals surface area contributed by atoms with E-state index in [1.165, 1.54) is 0 Å². The number of aliphatic hydroxyl groups excluding tert-OH is 1. The highest BCUT2D eigenvalue weighted by molar-refractivity contribution is 5.67. The first-order chi connectivity index (χ1) is 11.7. The van der Waals surface area contributed by atoms with E-state index >= 15 is 0 Å². The molecule has 0 spiro atoms. The monoisotopic (exact) mass is 354 g/mol. The van der Waals surface area contributed by atoms with Crippen LogP contribution in [0.1, 0.15) is 79.6 Å². The topological polar surface area (TPSA) is 77.8 Å². The van der Waals surface area contributed by atoms with Crippen LogP contribution in [-0.4, -0.2) is 33.0 Å². The van der Waals surface area contributed by atoms with Crippen molar-refractivity contribution in [2.24, 2.45) is 11.8 Å². The zero-order valence-electron chi connectivity index (χ0n) is 16.7. The molecule has 0 radical (unpaired) electrons. The third-order valence-electron chi connectivity index (χ3n) is 4.95. The van der Waals surface area contributed by atoms with E-state index in [2.05, 4.69) is 26.0 Å². The van der Waals surface area contributed by atoms with Crippen LogP contribution in [0.2, 0.25) is 0 Å². The van der Waals surface area contributed by atoms with Gasteiger partial charge in [0.2, 0.25) is 0 Å². The lowest BCUT2D eigenvalue weighted by molar-refractivity contribution is -0.140. The van der Waals surface area contributed by atoms with Gasteiger partial charge in [0.15, 0.2) is 0 Å². The van der Waals surface area contributed by atoms with Gasteiger partial charge in [0.25, 0.3) is 0 Å². The van der Waals surface area contributed by atoms with Crippen LogP contribution in [0.25, 0.3) is 0 Å². The number of aliphatic carboxylic acids is 1. The molecule has 146 valence electrons. The molecular weight excluding hydrogens is 316 g/mol. The summed E-state index contributed by atoms with van der Waals surface area (Å²) in [6.45, 7) is 10.2. The van der Waals surface area contributed by atoms with E-state index < -0.39 is 17.7 Å². The fraction of sp³-hybridized carbons (Fsp3) is 0.762. The summed E-state index contributed by atoms with van der Waals surface area (Å²) in [5.41, 5.74) is 0.135. The second kappa shape index (κ2) is 12.3. The third kappa shape index (κ3) is 9.81. The fourth-order valence-electron chi connectivity index (χ4n) is 3.27. The Morgan fingerprint density at radius 2 is 1.76 bits per heavy atom. The molecule has 0 aliphatic heterocycles. The van der Waals surface area contributed by atoms with Crippen LogP contribution in [0.5, 0.6) is 0 Å². The largest absolute Gasteiger partial charge is 0.481 e. The molecule has 0 aromatic rings. The average molecular weight is 355 g/mol. The van der Waals surface area contributed by atoms with Crippen molar-refractivity contribution in [3.63, 3.8) is 0 Å². The summed E-state index contributed by atoms with van der Waals surface area (Å²) in [6, 6.07) is 0. The van der Waals surface area contributed by atoms with Crippen molar-refractivity contribution in [1.29, 1.82) is 0 Å². The van der Waals surface area contributed by atoms with Crippen molar-refractivity contribution >= 4 is 5.97 Å². The normalized spacial score (nSPS) is 18.8. The quantitative estimate of drug-likeness (QED) is 0.419. The number of hydrogen-bond donors (Lipinski definition) is 3. The first-order valence-corrected chi connectivity index (χ1v) is 9.68. The highest BCUT2D eigenvalue weighted by Crippen LogP contribution is 2.30. The summed E-state index contributed by atoms with van der Waals surface area (Å²) in [5, 5.41) is 30.0. The second-order valence-corrected chi connectivity index (χ2v) is 7.19. The molecule has 4 atom stereocenters. The Balaban J connectivity index is 5.09. The molecule has 4 heteroatoms. The van der Waals surface area contributed by atoms with E-state index in [1.807, 2.05) is 26.8 Å². The molecule has 0 aliphatic rings. The first kappa shape index (κ1) is 23.9. The van der Waals surface area contributed by atoms with Crippen molar-refractivity contribution in [1.82, 2.24) is 0 Å². The van der Waals surface area contributed by atoms with Crippen molar-refractivity contribution in [3.8, 4) is 0 Å². The molecule has 0 aromatic carbocycles. The summed E-state index contributed by atoms with van der Waals surface area (Å²) < 4.78 is 0. The van der Waals surface area contributed by atoms with Gasteiger partial charge in [-0.3, -0.25) is 4.79 Å². The van der Waals surface area contributed by atoms with Crippen molar-refractivity contribution in [3.05, 3.63) is 23.8 Å². The summed E-state index contributed by atoms with van der Waals surface area (Å²) in [5.74, 6) is -0.768. The number of hydrogen-bond acceptors (Lipinski definition) is 3. The van der Waals surface area contributed by atoms with Gasteiger partial charge in [-0.15, -0.1) is 0 Å². The highest BCUT2D eigenvalue weighted by atomic mass is 16.4. The molecule has 25 heavy (non-hydrogen) atoms. The first-order valence-electron chi connectivity index (χ1n) is 9.68. The zero-order valence-corrected chi connectivity index (χ0v) is 16.7. The van der Waals surface area contributed by atoms with Gasteiger partial charge in [0, 0.05) is 0 Å². The SMILES string of the molecule is CC/C=C/C(CC)C/C(C)=C/[C@@](O)(CC)C[C@@H](CC)[C@H](O)CC(=O)O. The molecule has 0 aliphatic carbocycles. The molecule has 0 heterocycles. The Bertz CT molecular complexity index is 441. The standard InChI is InChI=1S/C21H38O4/c1-6-10-11-17(7-2)12-16(5)14-21(25,9-4)15-18(8-3)19(22)13-20(23)24/h10-11,14,17-19,22,25H,6-9,12-13,15H2,1-5H3,(H,23,24)/b11-10+,16-14+/t17?,18-,19-,21+/m1/s1. The molecule has 0 aromatic heterocycles. The van der Waals surface area contributed by atoms with Crippen LogP contribution in [-0.2, 0) is 4.79 Å². The predicted molar refractivity (Wildman–Crippen MR) is 103 cm³/mol. The Morgan fingerprint density at radius 3 is 2.20 bits per heavy atom. The number of carboxylic acids is 1. The van der Waals surface area contributed by atoms with Gasteiger partial charge in [0.05, 0.1) is 18.1 Å².